The van der Waals surface area contributed by atoms with Crippen LogP contribution in [0, 0.1) is 0 Å². The second kappa shape index (κ2) is 4.50. The molecule has 0 spiro atoms. The van der Waals surface area contributed by atoms with E-state index in [0.29, 0.717) is 0 Å². The van der Waals surface area contributed by atoms with Gasteiger partial charge in [-0.25, -0.2) is 0 Å². The third-order valence-corrected chi connectivity index (χ3v) is 8.42. The number of hydrogen-bond acceptors (Lipinski definition) is 0. The third-order valence-electron chi connectivity index (χ3n) is 4.48. The zero-order valence-corrected chi connectivity index (χ0v) is 14.3. The van der Waals surface area contributed by atoms with Crippen molar-refractivity contribution in [2.75, 3.05) is 0 Å². The van der Waals surface area contributed by atoms with Gasteiger partial charge in [0.2, 0.25) is 0 Å². The van der Waals surface area contributed by atoms with Gasteiger partial charge in [-0.3, -0.25) is 0 Å². The van der Waals surface area contributed by atoms with Gasteiger partial charge in [-0.05, 0) is 0 Å². The van der Waals surface area contributed by atoms with E-state index in [0.717, 1.165) is 0 Å². The Morgan fingerprint density at radius 1 is 0.524 bits per heavy atom. The summed E-state index contributed by atoms with van der Waals surface area (Å²) in [6.07, 6.45) is 0. The van der Waals surface area contributed by atoms with Gasteiger partial charge in [0.1, 0.15) is 0 Å². The Kier molecular flexibility index (Phi) is 2.59. The Labute approximate surface area is 138 Å². The van der Waals surface area contributed by atoms with Crippen molar-refractivity contribution in [1.82, 2.24) is 0 Å². The van der Waals surface area contributed by atoms with Gasteiger partial charge < -0.3 is 0 Å². The average molecular weight is 341 g/mol. The average Bonchev–Trinajstić information content (AvgIpc) is 2.90. The zero-order valence-electron chi connectivity index (χ0n) is 11.5. The van der Waals surface area contributed by atoms with E-state index < -0.39 is 29.2 Å². The van der Waals surface area contributed by atoms with Crippen LogP contribution in [0.1, 0.15) is 0 Å². The molecule has 4 aromatic rings. The molecule has 0 nitrogen and oxygen atoms in total. The second-order valence-corrected chi connectivity index (χ2v) is 9.45. The minimum absolute atomic E-state index is 0.802. The predicted octanol–water partition coefficient (Wildman–Crippen LogP) is 4.01. The van der Waals surface area contributed by atoms with Crippen LogP contribution in [0.25, 0.3) is 32.7 Å². The summed E-state index contributed by atoms with van der Waals surface area (Å²) in [4.78, 5) is 0. The maximum atomic E-state index is 2.46. The number of fused-ring (bicyclic) bond motifs is 6. The van der Waals surface area contributed by atoms with Crippen LogP contribution >= 0.6 is 0 Å². The van der Waals surface area contributed by atoms with Gasteiger partial charge in [-0.1, -0.05) is 0 Å². The molecule has 0 saturated heterocycles. The van der Waals surface area contributed by atoms with Crippen LogP contribution < -0.4 is 4.75 Å². The van der Waals surface area contributed by atoms with Crippen molar-refractivity contribution in [3.8, 4) is 11.1 Å². The van der Waals surface area contributed by atoms with E-state index in [9.17, 15) is 0 Å². The summed E-state index contributed by atoms with van der Waals surface area (Å²) in [5.74, 6) is 0. The summed E-state index contributed by atoms with van der Waals surface area (Å²) in [6.45, 7) is 0. The van der Waals surface area contributed by atoms with Crippen LogP contribution in [0.15, 0.2) is 72.8 Å². The maximum absolute atomic E-state index is 2.46. The van der Waals surface area contributed by atoms with Crippen molar-refractivity contribution in [3.05, 3.63) is 72.8 Å². The summed E-state index contributed by atoms with van der Waals surface area (Å²) in [7, 11) is 0. The molecule has 1 aliphatic rings. The first-order valence-corrected chi connectivity index (χ1v) is 10.1. The Bertz CT molecular complexity index is 1010. The van der Waals surface area contributed by atoms with E-state index in [4.69, 9.17) is 0 Å². The fourth-order valence-corrected chi connectivity index (χ4v) is 7.41. The molecule has 0 saturated carbocycles. The molecule has 0 aromatic heterocycles. The van der Waals surface area contributed by atoms with E-state index in [2.05, 4.69) is 72.8 Å². The van der Waals surface area contributed by atoms with E-state index in [1.807, 2.05) is 0 Å². The van der Waals surface area contributed by atoms with Gasteiger partial charge in [-0.15, -0.1) is 0 Å². The molecule has 95 valence electrons. The molecule has 0 amide bonds. The molecule has 0 radical (unpaired) electrons. The van der Waals surface area contributed by atoms with Crippen molar-refractivity contribution >= 4 is 26.3 Å². The van der Waals surface area contributed by atoms with Crippen LogP contribution in [0.5, 0.6) is 0 Å². The Balaban J connectivity index is 1.92. The Morgan fingerprint density at radius 3 is 2.33 bits per heavy atom. The monoisotopic (exact) mass is 341 g/mol. The molecule has 0 unspecified atom stereocenters. The van der Waals surface area contributed by atoms with Crippen molar-refractivity contribution in [3.63, 3.8) is 0 Å². The van der Waals surface area contributed by atoms with Crippen LogP contribution in [0.4, 0.5) is 0 Å². The first-order valence-electron chi connectivity index (χ1n) is 7.30. The predicted molar refractivity (Wildman–Crippen MR) is 86.2 cm³/mol. The molecule has 0 N–H and O–H groups in total. The number of hydrogen-bond donors (Lipinski definition) is 0. The summed E-state index contributed by atoms with van der Waals surface area (Å²) < 4.78 is 3.29. The number of rotatable bonds is 0. The zero-order chi connectivity index (χ0) is 13.8. The van der Waals surface area contributed by atoms with Crippen LogP contribution in [0.2, 0.25) is 0 Å². The van der Waals surface area contributed by atoms with Gasteiger partial charge >= 0.3 is 139 Å². The standard InChI is InChI=1S/C20H12.Y/c1-2-6-15(7-3-1)18-13-12-17-11-10-16-8-4-5-9-19(16)20(17)14-18;/h1-6,8-12,14H;. The second-order valence-electron chi connectivity index (χ2n) is 5.68. The SMILES string of the molecule is c1ccc2[c](c1)[Y][c]1cc3ccc4ccccc4c3cc1-2. The molecule has 4 aromatic carbocycles. The van der Waals surface area contributed by atoms with Crippen LogP contribution in [-0.4, -0.2) is 0 Å². The van der Waals surface area contributed by atoms with Gasteiger partial charge in [-0.2, -0.15) is 0 Å². The molecule has 21 heavy (non-hydrogen) atoms. The van der Waals surface area contributed by atoms with Gasteiger partial charge in [0.25, 0.3) is 0 Å². The summed E-state index contributed by atoms with van der Waals surface area (Å²) in [6, 6.07) is 27.1. The van der Waals surface area contributed by atoms with E-state index in [1.165, 1.54) is 32.7 Å². The molecule has 1 aliphatic heterocycles. The third kappa shape index (κ3) is 1.76. The molecule has 0 aliphatic carbocycles. The quantitative estimate of drug-likeness (QED) is 0.374. The van der Waals surface area contributed by atoms with Crippen molar-refractivity contribution in [2.45, 2.75) is 0 Å². The topological polar surface area (TPSA) is 0 Å². The molecular formula is C20H12Y. The van der Waals surface area contributed by atoms with E-state index in [1.54, 1.807) is 4.75 Å². The van der Waals surface area contributed by atoms with Gasteiger partial charge in [0.15, 0.2) is 0 Å². The summed E-state index contributed by atoms with van der Waals surface area (Å²) in [5, 5.41) is 5.49. The summed E-state index contributed by atoms with van der Waals surface area (Å²) in [5.41, 5.74) is 2.99. The molecule has 1 heterocycles. The van der Waals surface area contributed by atoms with Crippen molar-refractivity contribution in [1.29, 1.82) is 0 Å². The summed E-state index contributed by atoms with van der Waals surface area (Å²) >= 11 is -0.802. The van der Waals surface area contributed by atoms with Crippen LogP contribution in [0.3, 0.4) is 0 Å². The van der Waals surface area contributed by atoms with Crippen molar-refractivity contribution < 1.29 is 29.2 Å². The van der Waals surface area contributed by atoms with E-state index in [-0.39, 0.29) is 0 Å². The Hall–Kier alpha value is -1.50. The normalized spacial score (nSPS) is 11.8. The van der Waals surface area contributed by atoms with E-state index >= 15 is 0 Å². The fraction of sp³-hybridized carbons (Fsp3) is 0. The number of benzene rings is 4. The minimum atomic E-state index is -0.802. The van der Waals surface area contributed by atoms with Crippen molar-refractivity contribution in [2.24, 2.45) is 0 Å². The molecule has 1 heteroatoms. The fourth-order valence-electron chi connectivity index (χ4n) is 3.46. The molecular weight excluding hydrogens is 329 g/mol. The molecule has 0 bridgehead atoms. The molecule has 5 rings (SSSR count). The Morgan fingerprint density at radius 2 is 1.33 bits per heavy atom. The van der Waals surface area contributed by atoms with Gasteiger partial charge in [0.05, 0.1) is 0 Å². The first-order chi connectivity index (χ1) is 10.4. The molecule has 0 fully saturated rings. The van der Waals surface area contributed by atoms with Gasteiger partial charge in [0, 0.05) is 0 Å². The molecule has 0 atom stereocenters. The van der Waals surface area contributed by atoms with Crippen LogP contribution in [-0.2, 0) is 29.2 Å². The first kappa shape index (κ1) is 12.1.